The SMILES string of the molecule is O=C(O[C@@H](Cc1c(Cl)c[nH+]cc1Cl)c1ccc(OC(F)F)c(OCC2CC2)c1)c1cccc(CN(C(=O)O[C@H]2CN3CCC2CC3)c2ccccc2O)c1O.[OH-]. The molecule has 16 heteroatoms. The van der Waals surface area contributed by atoms with Gasteiger partial charge in [0.05, 0.1) is 18.8 Å². The third-order valence-electron chi connectivity index (χ3n) is 10.3. The lowest BCUT2D eigenvalue weighted by molar-refractivity contribution is -0.377. The van der Waals surface area contributed by atoms with Gasteiger partial charge in [-0.05, 0) is 86.5 Å². The van der Waals surface area contributed by atoms with Crippen LogP contribution < -0.4 is 19.4 Å². The summed E-state index contributed by atoms with van der Waals surface area (Å²) < 4.78 is 49.3. The number of para-hydroxylation sites is 3. The maximum atomic E-state index is 14.0. The van der Waals surface area contributed by atoms with Crippen molar-refractivity contribution in [1.82, 2.24) is 4.90 Å². The number of rotatable bonds is 14. The van der Waals surface area contributed by atoms with E-state index in [0.29, 0.717) is 30.2 Å². The number of hydrogen-bond acceptors (Lipinski definition) is 10. The number of amides is 1. The molecule has 0 spiro atoms. The summed E-state index contributed by atoms with van der Waals surface area (Å²) in [6.45, 7) is -0.528. The largest absolute Gasteiger partial charge is 0.870 e. The molecular formula is C40H41Cl2F2N3O9. The number of pyridine rings is 1. The van der Waals surface area contributed by atoms with Gasteiger partial charge in [-0.2, -0.15) is 8.78 Å². The zero-order chi connectivity index (χ0) is 38.6. The summed E-state index contributed by atoms with van der Waals surface area (Å²) in [5.74, 6) is -1.17. The number of H-pyrrole nitrogens is 1. The van der Waals surface area contributed by atoms with Crippen molar-refractivity contribution in [2.24, 2.45) is 11.8 Å². The lowest BCUT2D eigenvalue weighted by atomic mass is 9.86. The van der Waals surface area contributed by atoms with Crippen molar-refractivity contribution in [2.45, 2.75) is 57.5 Å². The number of nitrogens with one attached hydrogen (secondary N) is 1. The van der Waals surface area contributed by atoms with Crippen molar-refractivity contribution in [3.05, 3.63) is 105 Å². The molecule has 56 heavy (non-hydrogen) atoms. The average molecular weight is 817 g/mol. The van der Waals surface area contributed by atoms with Gasteiger partial charge in [-0.1, -0.05) is 53.5 Å². The van der Waals surface area contributed by atoms with Crippen LogP contribution >= 0.6 is 23.2 Å². The Kier molecular flexibility index (Phi) is 13.0. The van der Waals surface area contributed by atoms with Crippen LogP contribution in [0.15, 0.2) is 73.1 Å². The van der Waals surface area contributed by atoms with Crippen molar-refractivity contribution >= 4 is 41.0 Å². The normalized spacial score (nSPS) is 19.1. The summed E-state index contributed by atoms with van der Waals surface area (Å²) in [4.78, 5) is 34.1. The number of alkyl halides is 2. The third-order valence-corrected chi connectivity index (χ3v) is 10.9. The number of halogens is 4. The number of phenols is 2. The van der Waals surface area contributed by atoms with E-state index in [-0.39, 0.29) is 74.6 Å². The van der Waals surface area contributed by atoms with Crippen LogP contribution in [0.1, 0.15) is 58.8 Å². The van der Waals surface area contributed by atoms with Crippen LogP contribution in [0.2, 0.25) is 10.0 Å². The minimum atomic E-state index is -3.10. The van der Waals surface area contributed by atoms with Gasteiger partial charge >= 0.3 is 18.7 Å². The summed E-state index contributed by atoms with van der Waals surface area (Å²) in [6.07, 6.45) is 4.61. The third kappa shape index (κ3) is 9.55. The summed E-state index contributed by atoms with van der Waals surface area (Å²) in [5.41, 5.74) is 0.915. The first-order valence-corrected chi connectivity index (χ1v) is 18.9. The van der Waals surface area contributed by atoms with Crippen molar-refractivity contribution < 1.29 is 58.0 Å². The molecule has 8 rings (SSSR count). The van der Waals surface area contributed by atoms with Crippen LogP contribution in [0.25, 0.3) is 0 Å². The van der Waals surface area contributed by atoms with E-state index in [1.165, 1.54) is 53.7 Å². The molecule has 12 nitrogen and oxygen atoms in total. The lowest BCUT2D eigenvalue weighted by Crippen LogP contribution is -2.53. The summed E-state index contributed by atoms with van der Waals surface area (Å²) in [7, 11) is 0. The van der Waals surface area contributed by atoms with Gasteiger partial charge in [-0.15, -0.1) is 0 Å². The molecule has 298 valence electrons. The standard InChI is InChI=1S/C40H39Cl2F2N3O8.H2O/c41-29-18-45-19-30(42)28(29)17-34(25-10-11-33(54-39(43)44)35(16-25)52-22-23-8-9-23)53-38(50)27-5-3-4-26(37(27)49)20-47(31-6-1-2-7-32(31)48)40(51)55-36-21-46-14-12-24(36)13-15-46;/h1-7,10-11,16,18-19,23-24,34,36,39,48-49H,8-9,12-15,17,20-22H2;1H2/t34-,36-;/m0./s1. The minimum absolute atomic E-state index is 0. The number of esters is 1. The highest BCUT2D eigenvalue weighted by molar-refractivity contribution is 6.35. The van der Waals surface area contributed by atoms with Gasteiger partial charge < -0.3 is 34.6 Å². The molecule has 0 radical (unpaired) electrons. The first-order valence-electron chi connectivity index (χ1n) is 18.1. The smallest absolute Gasteiger partial charge is 0.415 e. The summed E-state index contributed by atoms with van der Waals surface area (Å²) >= 11 is 13.0. The molecule has 3 aliphatic heterocycles. The second-order valence-corrected chi connectivity index (χ2v) is 14.8. The van der Waals surface area contributed by atoms with Gasteiger partial charge in [-0.25, -0.2) is 14.6 Å². The Morgan fingerprint density at radius 3 is 2.34 bits per heavy atom. The van der Waals surface area contributed by atoms with Crippen LogP contribution in [0.4, 0.5) is 19.3 Å². The second-order valence-electron chi connectivity index (χ2n) is 14.0. The first-order chi connectivity index (χ1) is 26.5. The quantitative estimate of drug-likeness (QED) is 0.120. The van der Waals surface area contributed by atoms with E-state index >= 15 is 0 Å². The number of piperidine rings is 3. The molecule has 4 fully saturated rings. The number of aromatic hydroxyl groups is 2. The number of nitrogens with zero attached hydrogens (tertiary/aromatic N) is 2. The van der Waals surface area contributed by atoms with Crippen LogP contribution in [-0.2, 0) is 22.4 Å². The fourth-order valence-electron chi connectivity index (χ4n) is 7.03. The number of carbonyl (C=O) groups is 2. The Bertz CT molecular complexity index is 2010. The Labute approximate surface area is 331 Å². The molecule has 4 heterocycles. The van der Waals surface area contributed by atoms with E-state index in [1.54, 1.807) is 24.3 Å². The highest BCUT2D eigenvalue weighted by atomic mass is 35.5. The Morgan fingerprint density at radius 1 is 0.946 bits per heavy atom. The number of anilines is 1. The van der Waals surface area contributed by atoms with Gasteiger partial charge in [0, 0.05) is 24.1 Å². The Hall–Kier alpha value is -4.89. The molecule has 4 N–H and O–H groups in total. The second kappa shape index (κ2) is 17.9. The zero-order valence-corrected chi connectivity index (χ0v) is 31.6. The summed E-state index contributed by atoms with van der Waals surface area (Å²) in [6, 6.07) is 15.0. The topological polar surface area (TPSA) is 162 Å². The van der Waals surface area contributed by atoms with E-state index in [9.17, 15) is 28.6 Å². The van der Waals surface area contributed by atoms with Crippen molar-refractivity contribution in [2.75, 3.05) is 31.1 Å². The molecule has 1 saturated carbocycles. The first kappa shape index (κ1) is 40.8. The number of hydrogen-bond donors (Lipinski definition) is 2. The van der Waals surface area contributed by atoms with E-state index < -0.39 is 30.5 Å². The molecule has 1 aromatic heterocycles. The van der Waals surface area contributed by atoms with Crippen LogP contribution in [0.5, 0.6) is 23.0 Å². The molecule has 0 unspecified atom stereocenters. The molecule has 1 aliphatic carbocycles. The number of benzene rings is 3. The molecule has 2 atom stereocenters. The summed E-state index contributed by atoms with van der Waals surface area (Å²) in [5, 5.41) is 22.9. The van der Waals surface area contributed by atoms with E-state index in [4.69, 9.17) is 42.1 Å². The van der Waals surface area contributed by atoms with Crippen LogP contribution in [0.3, 0.4) is 0 Å². The van der Waals surface area contributed by atoms with Crippen molar-refractivity contribution in [1.29, 1.82) is 0 Å². The monoisotopic (exact) mass is 815 g/mol. The molecule has 4 aromatic rings. The zero-order valence-electron chi connectivity index (χ0n) is 30.1. The van der Waals surface area contributed by atoms with Gasteiger partial charge in [-0.3, -0.25) is 9.80 Å². The number of fused-ring (bicyclic) bond motifs is 3. The number of ether oxygens (including phenoxy) is 4. The fourth-order valence-corrected chi connectivity index (χ4v) is 7.56. The molecule has 4 aliphatic rings. The van der Waals surface area contributed by atoms with Crippen LogP contribution in [-0.4, -0.2) is 71.6 Å². The molecule has 1 amide bonds. The minimum Gasteiger partial charge on any atom is -0.870 e. The molecule has 3 aromatic carbocycles. The van der Waals surface area contributed by atoms with E-state index in [1.807, 2.05) is 0 Å². The van der Waals surface area contributed by atoms with Gasteiger partial charge in [0.25, 0.3) is 0 Å². The highest BCUT2D eigenvalue weighted by Gasteiger charge is 2.38. The Morgan fingerprint density at radius 2 is 1.68 bits per heavy atom. The Balaban J connectivity index is 0.00000532. The predicted molar refractivity (Wildman–Crippen MR) is 200 cm³/mol. The van der Waals surface area contributed by atoms with Gasteiger partial charge in [0.1, 0.15) is 39.3 Å². The van der Waals surface area contributed by atoms with E-state index in [2.05, 4.69) is 9.88 Å². The number of phenolic OH excluding ortho intramolecular Hbond substituents is 2. The lowest BCUT2D eigenvalue weighted by Gasteiger charge is -2.44. The molecule has 3 saturated heterocycles. The molecular weight excluding hydrogens is 775 g/mol. The number of aromatic nitrogens is 1. The number of aromatic amines is 1. The van der Waals surface area contributed by atoms with Crippen molar-refractivity contribution in [3.8, 4) is 23.0 Å². The van der Waals surface area contributed by atoms with E-state index in [0.717, 1.165) is 38.8 Å². The maximum absolute atomic E-state index is 14.0. The number of carbonyl (C=O) groups excluding carboxylic acids is 2. The highest BCUT2D eigenvalue weighted by Crippen LogP contribution is 2.39. The fraction of sp³-hybridized carbons (Fsp3) is 0.375. The van der Waals surface area contributed by atoms with Gasteiger partial charge in [0.2, 0.25) is 0 Å². The predicted octanol–water partition coefficient (Wildman–Crippen LogP) is 7.81. The average Bonchev–Trinajstić information content (AvgIpc) is 4.00. The van der Waals surface area contributed by atoms with Crippen LogP contribution in [0, 0.1) is 11.8 Å². The molecule has 2 bridgehead atoms. The maximum Gasteiger partial charge on any atom is 0.415 e. The van der Waals surface area contributed by atoms with Gasteiger partial charge in [0.15, 0.2) is 23.9 Å². The van der Waals surface area contributed by atoms with Crippen molar-refractivity contribution in [3.63, 3.8) is 0 Å².